The molecule has 2 saturated heterocycles. The number of piperidine rings is 1. The standard InChI is InChI=1S/C17H33N3/c1-19-12-6-16(7-13-19)14-20-11-5-10-18-17(15-20)8-3-2-4-9-17/h16,18H,2-15H2,1H3. The number of hydrogen-bond acceptors (Lipinski definition) is 3. The molecule has 0 bridgehead atoms. The SMILES string of the molecule is CN1CCC(CN2CCCNC3(CCCCC3)C2)CC1. The molecule has 3 aliphatic rings. The fourth-order valence-corrected chi connectivity index (χ4v) is 4.55. The minimum atomic E-state index is 0.472. The number of nitrogens with zero attached hydrogens (tertiary/aromatic N) is 2. The Labute approximate surface area is 125 Å². The van der Waals surface area contributed by atoms with Crippen molar-refractivity contribution in [3.05, 3.63) is 0 Å². The molecule has 116 valence electrons. The molecule has 0 aromatic heterocycles. The summed E-state index contributed by atoms with van der Waals surface area (Å²) in [5, 5.41) is 3.92. The van der Waals surface area contributed by atoms with Crippen LogP contribution in [0.15, 0.2) is 0 Å². The van der Waals surface area contributed by atoms with Crippen LogP contribution in [0.25, 0.3) is 0 Å². The van der Waals surface area contributed by atoms with Crippen LogP contribution >= 0.6 is 0 Å². The molecule has 0 amide bonds. The molecule has 2 heterocycles. The quantitative estimate of drug-likeness (QED) is 0.837. The van der Waals surface area contributed by atoms with Crippen molar-refractivity contribution >= 4 is 0 Å². The van der Waals surface area contributed by atoms with Crippen molar-refractivity contribution in [1.29, 1.82) is 0 Å². The zero-order chi connectivity index (χ0) is 13.8. The number of hydrogen-bond donors (Lipinski definition) is 1. The summed E-state index contributed by atoms with van der Waals surface area (Å²) in [6.07, 6.45) is 11.3. The van der Waals surface area contributed by atoms with Gasteiger partial charge in [-0.2, -0.15) is 0 Å². The van der Waals surface area contributed by atoms with Crippen LogP contribution in [-0.2, 0) is 0 Å². The van der Waals surface area contributed by atoms with Crippen LogP contribution in [0, 0.1) is 5.92 Å². The highest BCUT2D eigenvalue weighted by Gasteiger charge is 2.35. The van der Waals surface area contributed by atoms with Crippen LogP contribution in [0.4, 0.5) is 0 Å². The summed E-state index contributed by atoms with van der Waals surface area (Å²) in [6.45, 7) is 7.85. The van der Waals surface area contributed by atoms with E-state index in [4.69, 9.17) is 0 Å². The molecule has 3 fully saturated rings. The van der Waals surface area contributed by atoms with Crippen molar-refractivity contribution in [2.24, 2.45) is 5.92 Å². The van der Waals surface area contributed by atoms with Gasteiger partial charge in [-0.25, -0.2) is 0 Å². The maximum absolute atomic E-state index is 3.92. The first-order chi connectivity index (χ1) is 9.76. The van der Waals surface area contributed by atoms with Crippen LogP contribution in [0.3, 0.4) is 0 Å². The summed E-state index contributed by atoms with van der Waals surface area (Å²) in [7, 11) is 2.27. The maximum atomic E-state index is 3.92. The average Bonchev–Trinajstić information content (AvgIpc) is 2.65. The Kier molecular flexibility index (Phi) is 5.00. The van der Waals surface area contributed by atoms with Gasteiger partial charge < -0.3 is 15.1 Å². The van der Waals surface area contributed by atoms with E-state index in [0.29, 0.717) is 5.54 Å². The van der Waals surface area contributed by atoms with Crippen LogP contribution in [0.2, 0.25) is 0 Å². The molecule has 1 saturated carbocycles. The molecule has 3 heteroatoms. The van der Waals surface area contributed by atoms with E-state index < -0.39 is 0 Å². The Hall–Kier alpha value is -0.120. The lowest BCUT2D eigenvalue weighted by molar-refractivity contribution is 0.124. The molecule has 20 heavy (non-hydrogen) atoms. The molecular weight excluding hydrogens is 246 g/mol. The third kappa shape index (κ3) is 3.75. The first-order valence-electron chi connectivity index (χ1n) is 8.92. The number of likely N-dealkylation sites (tertiary alicyclic amines) is 1. The molecule has 0 aromatic rings. The topological polar surface area (TPSA) is 18.5 Å². The second kappa shape index (κ2) is 6.76. The summed E-state index contributed by atoms with van der Waals surface area (Å²) in [6, 6.07) is 0. The van der Waals surface area contributed by atoms with Gasteiger partial charge in [0.2, 0.25) is 0 Å². The van der Waals surface area contributed by atoms with E-state index in [0.717, 1.165) is 5.92 Å². The summed E-state index contributed by atoms with van der Waals surface area (Å²) < 4.78 is 0. The predicted molar refractivity (Wildman–Crippen MR) is 85.1 cm³/mol. The zero-order valence-electron chi connectivity index (χ0n) is 13.4. The highest BCUT2D eigenvalue weighted by atomic mass is 15.2. The van der Waals surface area contributed by atoms with E-state index in [2.05, 4.69) is 22.2 Å². The molecule has 1 aliphatic carbocycles. The second-order valence-electron chi connectivity index (χ2n) is 7.60. The van der Waals surface area contributed by atoms with Gasteiger partial charge >= 0.3 is 0 Å². The van der Waals surface area contributed by atoms with Gasteiger partial charge in [-0.1, -0.05) is 19.3 Å². The third-order valence-corrected chi connectivity index (χ3v) is 5.84. The van der Waals surface area contributed by atoms with Gasteiger partial charge in [-0.3, -0.25) is 0 Å². The minimum absolute atomic E-state index is 0.472. The van der Waals surface area contributed by atoms with Crippen LogP contribution in [0.1, 0.15) is 51.4 Å². The third-order valence-electron chi connectivity index (χ3n) is 5.84. The Morgan fingerprint density at radius 1 is 1.00 bits per heavy atom. The summed E-state index contributed by atoms with van der Waals surface area (Å²) in [4.78, 5) is 5.30. The lowest BCUT2D eigenvalue weighted by Crippen LogP contribution is -2.53. The Morgan fingerprint density at radius 3 is 2.50 bits per heavy atom. The van der Waals surface area contributed by atoms with E-state index in [1.807, 2.05) is 0 Å². The van der Waals surface area contributed by atoms with Gasteiger partial charge in [0.05, 0.1) is 0 Å². The summed E-state index contributed by atoms with van der Waals surface area (Å²) >= 11 is 0. The zero-order valence-corrected chi connectivity index (χ0v) is 13.4. The molecule has 0 radical (unpaired) electrons. The van der Waals surface area contributed by atoms with Crippen molar-refractivity contribution < 1.29 is 0 Å². The first-order valence-corrected chi connectivity index (χ1v) is 8.92. The molecule has 2 aliphatic heterocycles. The molecule has 1 N–H and O–H groups in total. The lowest BCUT2D eigenvalue weighted by Gasteiger charge is -2.41. The number of nitrogens with one attached hydrogen (secondary N) is 1. The molecule has 0 unspecified atom stereocenters. The van der Waals surface area contributed by atoms with Crippen LogP contribution in [0.5, 0.6) is 0 Å². The molecule has 3 nitrogen and oxygen atoms in total. The largest absolute Gasteiger partial charge is 0.310 e. The first kappa shape index (κ1) is 14.8. The van der Waals surface area contributed by atoms with Gasteiger partial charge in [0.1, 0.15) is 0 Å². The van der Waals surface area contributed by atoms with Crippen molar-refractivity contribution in [3.63, 3.8) is 0 Å². The van der Waals surface area contributed by atoms with Gasteiger partial charge in [0, 0.05) is 18.6 Å². The normalized spacial score (nSPS) is 30.4. The van der Waals surface area contributed by atoms with E-state index in [-0.39, 0.29) is 0 Å². The Balaban J connectivity index is 1.55. The maximum Gasteiger partial charge on any atom is 0.0308 e. The molecule has 0 atom stereocenters. The van der Waals surface area contributed by atoms with Crippen molar-refractivity contribution in [1.82, 2.24) is 15.1 Å². The second-order valence-corrected chi connectivity index (χ2v) is 7.60. The highest BCUT2D eigenvalue weighted by molar-refractivity contribution is 4.95. The van der Waals surface area contributed by atoms with Gasteiger partial charge in [-0.15, -0.1) is 0 Å². The van der Waals surface area contributed by atoms with E-state index in [1.165, 1.54) is 90.6 Å². The predicted octanol–water partition coefficient (Wildman–Crippen LogP) is 2.33. The minimum Gasteiger partial charge on any atom is -0.310 e. The van der Waals surface area contributed by atoms with Crippen LogP contribution < -0.4 is 5.32 Å². The lowest BCUT2D eigenvalue weighted by atomic mass is 9.81. The fraction of sp³-hybridized carbons (Fsp3) is 1.00. The molecular formula is C17H33N3. The van der Waals surface area contributed by atoms with Crippen molar-refractivity contribution in [2.75, 3.05) is 46.3 Å². The highest BCUT2D eigenvalue weighted by Crippen LogP contribution is 2.31. The number of rotatable bonds is 2. The summed E-state index contributed by atoms with van der Waals surface area (Å²) in [5.74, 6) is 0.949. The summed E-state index contributed by atoms with van der Waals surface area (Å²) in [5.41, 5.74) is 0.472. The fourth-order valence-electron chi connectivity index (χ4n) is 4.55. The van der Waals surface area contributed by atoms with Crippen molar-refractivity contribution in [2.45, 2.75) is 56.9 Å². The molecule has 1 spiro atoms. The average molecular weight is 279 g/mol. The van der Waals surface area contributed by atoms with Gasteiger partial charge in [0.15, 0.2) is 0 Å². The van der Waals surface area contributed by atoms with Gasteiger partial charge in [-0.05, 0) is 71.2 Å². The molecule has 0 aromatic carbocycles. The van der Waals surface area contributed by atoms with Crippen molar-refractivity contribution in [3.8, 4) is 0 Å². The molecule has 3 rings (SSSR count). The van der Waals surface area contributed by atoms with Crippen LogP contribution in [-0.4, -0.2) is 61.7 Å². The van der Waals surface area contributed by atoms with E-state index in [9.17, 15) is 0 Å². The Bertz CT molecular complexity index is 291. The Morgan fingerprint density at radius 2 is 1.75 bits per heavy atom. The van der Waals surface area contributed by atoms with Gasteiger partial charge in [0.25, 0.3) is 0 Å². The monoisotopic (exact) mass is 279 g/mol. The van der Waals surface area contributed by atoms with E-state index in [1.54, 1.807) is 0 Å². The van der Waals surface area contributed by atoms with E-state index >= 15 is 0 Å². The smallest absolute Gasteiger partial charge is 0.0308 e.